The Morgan fingerprint density at radius 3 is 2.69 bits per heavy atom. The summed E-state index contributed by atoms with van der Waals surface area (Å²) in [7, 11) is 0. The van der Waals surface area contributed by atoms with E-state index in [2.05, 4.69) is 15.5 Å². The third-order valence-electron chi connectivity index (χ3n) is 5.11. The normalized spacial score (nSPS) is 24.4. The topological polar surface area (TPSA) is 70.7 Å². The van der Waals surface area contributed by atoms with E-state index in [1.165, 1.54) is 12.1 Å². The summed E-state index contributed by atoms with van der Waals surface area (Å²) >= 11 is 0. The van der Waals surface area contributed by atoms with Crippen molar-refractivity contribution in [2.24, 2.45) is 0 Å². The van der Waals surface area contributed by atoms with E-state index in [1.807, 2.05) is 6.92 Å². The van der Waals surface area contributed by atoms with Gasteiger partial charge in [0.05, 0.1) is 11.6 Å². The van der Waals surface area contributed by atoms with Crippen LogP contribution >= 0.6 is 0 Å². The van der Waals surface area contributed by atoms with E-state index in [0.717, 1.165) is 12.8 Å². The Bertz CT molecular complexity index is 649. The van der Waals surface area contributed by atoms with Crippen LogP contribution in [0.4, 0.5) is 4.39 Å². The molecule has 26 heavy (non-hydrogen) atoms. The molecular formula is C19H26FN3O3. The van der Waals surface area contributed by atoms with Crippen molar-refractivity contribution in [3.05, 3.63) is 35.6 Å². The molecule has 7 heteroatoms. The number of carbonyl (C=O) groups is 2. The molecule has 0 aliphatic carbocycles. The predicted molar refractivity (Wildman–Crippen MR) is 95.3 cm³/mol. The molecule has 3 rings (SSSR count). The van der Waals surface area contributed by atoms with Crippen LogP contribution in [-0.2, 0) is 9.53 Å². The first-order chi connectivity index (χ1) is 12.6. The summed E-state index contributed by atoms with van der Waals surface area (Å²) in [4.78, 5) is 27.1. The SMILES string of the molecule is CCNC(=O)[C@@H]1C[C@H](NC(=O)c2ccccc2F)CN1C1CCOCC1. The Morgan fingerprint density at radius 2 is 2.00 bits per heavy atom. The first-order valence-corrected chi connectivity index (χ1v) is 9.26. The molecule has 2 fully saturated rings. The van der Waals surface area contributed by atoms with Crippen molar-refractivity contribution in [1.29, 1.82) is 0 Å². The minimum absolute atomic E-state index is 0.0124. The summed E-state index contributed by atoms with van der Waals surface area (Å²) in [5.74, 6) is -0.984. The van der Waals surface area contributed by atoms with Gasteiger partial charge in [-0.25, -0.2) is 4.39 Å². The number of carbonyl (C=O) groups excluding carboxylic acids is 2. The number of hydrogen-bond acceptors (Lipinski definition) is 4. The van der Waals surface area contributed by atoms with Crippen molar-refractivity contribution in [2.45, 2.75) is 44.3 Å². The van der Waals surface area contributed by atoms with E-state index in [0.29, 0.717) is 32.7 Å². The highest BCUT2D eigenvalue weighted by Gasteiger charge is 2.41. The first kappa shape index (κ1) is 18.8. The van der Waals surface area contributed by atoms with Gasteiger partial charge in [0.25, 0.3) is 5.91 Å². The number of likely N-dealkylation sites (tertiary alicyclic amines) is 1. The van der Waals surface area contributed by atoms with Crippen LogP contribution in [0.2, 0.25) is 0 Å². The maximum absolute atomic E-state index is 13.8. The Morgan fingerprint density at radius 1 is 1.27 bits per heavy atom. The van der Waals surface area contributed by atoms with Gasteiger partial charge in [-0.05, 0) is 38.3 Å². The second kappa shape index (κ2) is 8.60. The zero-order chi connectivity index (χ0) is 18.5. The van der Waals surface area contributed by atoms with Crippen LogP contribution in [0.15, 0.2) is 24.3 Å². The minimum Gasteiger partial charge on any atom is -0.381 e. The molecule has 2 aliphatic heterocycles. The van der Waals surface area contributed by atoms with Gasteiger partial charge in [-0.3, -0.25) is 14.5 Å². The van der Waals surface area contributed by atoms with Crippen LogP contribution in [0.1, 0.15) is 36.5 Å². The summed E-state index contributed by atoms with van der Waals surface area (Å²) in [6, 6.07) is 5.75. The Hall–Kier alpha value is -1.99. The van der Waals surface area contributed by atoms with Gasteiger partial charge in [-0.2, -0.15) is 0 Å². The van der Waals surface area contributed by atoms with E-state index >= 15 is 0 Å². The lowest BCUT2D eigenvalue weighted by Gasteiger charge is -2.34. The molecule has 0 radical (unpaired) electrons. The summed E-state index contributed by atoms with van der Waals surface area (Å²) in [6.45, 7) is 4.43. The van der Waals surface area contributed by atoms with Gasteiger partial charge in [-0.1, -0.05) is 12.1 Å². The fourth-order valence-electron chi connectivity index (χ4n) is 3.84. The lowest BCUT2D eigenvalue weighted by atomic mass is 10.1. The molecule has 6 nitrogen and oxygen atoms in total. The van der Waals surface area contributed by atoms with Crippen LogP contribution in [0.5, 0.6) is 0 Å². The average molecular weight is 363 g/mol. The van der Waals surface area contributed by atoms with Crippen molar-refractivity contribution in [3.8, 4) is 0 Å². The molecule has 1 aromatic rings. The van der Waals surface area contributed by atoms with Crippen molar-refractivity contribution in [3.63, 3.8) is 0 Å². The number of nitrogens with zero attached hydrogens (tertiary/aromatic N) is 1. The van der Waals surface area contributed by atoms with E-state index < -0.39 is 11.7 Å². The number of ether oxygens (including phenoxy) is 1. The number of amides is 2. The average Bonchev–Trinajstić information content (AvgIpc) is 3.07. The monoisotopic (exact) mass is 363 g/mol. The molecule has 2 aliphatic rings. The first-order valence-electron chi connectivity index (χ1n) is 9.26. The lowest BCUT2D eigenvalue weighted by Crippen LogP contribution is -2.49. The fraction of sp³-hybridized carbons (Fsp3) is 0.579. The minimum atomic E-state index is -0.537. The van der Waals surface area contributed by atoms with Crippen molar-refractivity contribution < 1.29 is 18.7 Å². The van der Waals surface area contributed by atoms with Crippen LogP contribution in [0.3, 0.4) is 0 Å². The van der Waals surface area contributed by atoms with Gasteiger partial charge in [0.2, 0.25) is 5.91 Å². The Labute approximate surface area is 153 Å². The largest absolute Gasteiger partial charge is 0.381 e. The quantitative estimate of drug-likeness (QED) is 0.828. The second-order valence-electron chi connectivity index (χ2n) is 6.84. The number of benzene rings is 1. The maximum atomic E-state index is 13.8. The van der Waals surface area contributed by atoms with Crippen LogP contribution in [-0.4, -0.2) is 61.1 Å². The van der Waals surface area contributed by atoms with Crippen LogP contribution < -0.4 is 10.6 Å². The standard InChI is InChI=1S/C19H26FN3O3/c1-2-21-19(25)17-11-13(12-23(17)14-7-9-26-10-8-14)22-18(24)15-5-3-4-6-16(15)20/h3-6,13-14,17H,2,7-12H2,1H3,(H,21,25)(H,22,24)/t13-,17-/m0/s1. The van der Waals surface area contributed by atoms with E-state index in [1.54, 1.807) is 12.1 Å². The Kier molecular flexibility index (Phi) is 6.21. The molecule has 2 heterocycles. The van der Waals surface area contributed by atoms with Crippen LogP contribution in [0, 0.1) is 5.82 Å². The van der Waals surface area contributed by atoms with Gasteiger partial charge in [0, 0.05) is 38.4 Å². The van der Waals surface area contributed by atoms with E-state index in [-0.39, 0.29) is 29.6 Å². The molecule has 1 aromatic carbocycles. The molecule has 0 spiro atoms. The van der Waals surface area contributed by atoms with Gasteiger partial charge in [0.15, 0.2) is 0 Å². The summed E-state index contributed by atoms with van der Waals surface area (Å²) < 4.78 is 19.3. The summed E-state index contributed by atoms with van der Waals surface area (Å²) in [5, 5.41) is 5.79. The van der Waals surface area contributed by atoms with Crippen molar-refractivity contribution in [1.82, 2.24) is 15.5 Å². The molecule has 2 amide bonds. The van der Waals surface area contributed by atoms with Crippen molar-refractivity contribution in [2.75, 3.05) is 26.3 Å². The molecule has 142 valence electrons. The van der Waals surface area contributed by atoms with E-state index in [4.69, 9.17) is 4.74 Å². The van der Waals surface area contributed by atoms with Gasteiger partial charge in [-0.15, -0.1) is 0 Å². The summed E-state index contributed by atoms with van der Waals surface area (Å²) in [6.07, 6.45) is 2.29. The fourth-order valence-corrected chi connectivity index (χ4v) is 3.84. The number of halogens is 1. The zero-order valence-electron chi connectivity index (χ0n) is 15.0. The molecule has 2 saturated heterocycles. The molecule has 0 bridgehead atoms. The highest BCUT2D eigenvalue weighted by Crippen LogP contribution is 2.26. The zero-order valence-corrected chi connectivity index (χ0v) is 15.0. The highest BCUT2D eigenvalue weighted by atomic mass is 19.1. The second-order valence-corrected chi connectivity index (χ2v) is 6.84. The van der Waals surface area contributed by atoms with Crippen LogP contribution in [0.25, 0.3) is 0 Å². The van der Waals surface area contributed by atoms with Crippen molar-refractivity contribution >= 4 is 11.8 Å². The Balaban J connectivity index is 1.69. The number of nitrogens with one attached hydrogen (secondary N) is 2. The maximum Gasteiger partial charge on any atom is 0.254 e. The molecule has 2 atom stereocenters. The molecule has 0 unspecified atom stereocenters. The number of likely N-dealkylation sites (N-methyl/N-ethyl adjacent to an activating group) is 1. The third-order valence-corrected chi connectivity index (χ3v) is 5.11. The molecular weight excluding hydrogens is 337 g/mol. The molecule has 2 N–H and O–H groups in total. The number of rotatable bonds is 5. The number of hydrogen-bond donors (Lipinski definition) is 2. The van der Waals surface area contributed by atoms with Gasteiger partial charge >= 0.3 is 0 Å². The smallest absolute Gasteiger partial charge is 0.254 e. The lowest BCUT2D eigenvalue weighted by molar-refractivity contribution is -0.126. The molecule has 0 aromatic heterocycles. The highest BCUT2D eigenvalue weighted by molar-refractivity contribution is 5.94. The molecule has 0 saturated carbocycles. The van der Waals surface area contributed by atoms with Gasteiger partial charge in [0.1, 0.15) is 5.82 Å². The third kappa shape index (κ3) is 4.22. The predicted octanol–water partition coefficient (Wildman–Crippen LogP) is 1.31. The van der Waals surface area contributed by atoms with E-state index in [9.17, 15) is 14.0 Å². The summed E-state index contributed by atoms with van der Waals surface area (Å²) in [5.41, 5.74) is 0.0339. The van der Waals surface area contributed by atoms with Gasteiger partial charge < -0.3 is 15.4 Å².